The van der Waals surface area contributed by atoms with Crippen molar-refractivity contribution in [2.24, 2.45) is 17.8 Å². The van der Waals surface area contributed by atoms with Crippen LogP contribution in [0.5, 0.6) is 0 Å². The summed E-state index contributed by atoms with van der Waals surface area (Å²) in [6.07, 6.45) is 0.802. The summed E-state index contributed by atoms with van der Waals surface area (Å²) in [6.45, 7) is 2.20. The Morgan fingerprint density at radius 2 is 1.74 bits per heavy atom. The molecule has 206 valence electrons. The molecule has 2 atom stereocenters. The van der Waals surface area contributed by atoms with Gasteiger partial charge < -0.3 is 16.0 Å². The second kappa shape index (κ2) is 11.1. The van der Waals surface area contributed by atoms with Gasteiger partial charge in [-0.2, -0.15) is 18.3 Å². The number of carbonyl (C=O) groups excluding carboxylic acids is 3. The number of hydrogen-bond acceptors (Lipinski definition) is 4. The molecule has 1 aromatic heterocycles. The lowest BCUT2D eigenvalue weighted by Gasteiger charge is -2.27. The minimum absolute atomic E-state index is 0.0726. The van der Waals surface area contributed by atoms with Crippen LogP contribution in [0.3, 0.4) is 0 Å². The van der Waals surface area contributed by atoms with E-state index in [1.807, 2.05) is 6.92 Å². The number of amides is 3. The predicted molar refractivity (Wildman–Crippen MR) is 131 cm³/mol. The van der Waals surface area contributed by atoms with Crippen molar-refractivity contribution in [3.8, 4) is 0 Å². The summed E-state index contributed by atoms with van der Waals surface area (Å²) in [4.78, 5) is 38.6. The van der Waals surface area contributed by atoms with Gasteiger partial charge in [-0.3, -0.25) is 19.1 Å². The van der Waals surface area contributed by atoms with Crippen LogP contribution in [0.25, 0.3) is 0 Å². The number of halogens is 4. The van der Waals surface area contributed by atoms with E-state index in [1.165, 1.54) is 29.9 Å². The standard InChI is InChI=1S/C26H31F4N5O3/c1-3-35-20(10-11-32-35)24(37)34-22(21(15-4-5-15)16-6-7-16)25(38)33-19-9-8-17(12-18(19)27)14(2)23(36)31-13-26(28,29)30/h8-12,14-16,21-22H,3-7,13H2,1-2H3,(H,31,36)(H,33,38)(H,34,37). The highest BCUT2D eigenvalue weighted by molar-refractivity contribution is 6.01. The van der Waals surface area contributed by atoms with Crippen LogP contribution < -0.4 is 16.0 Å². The van der Waals surface area contributed by atoms with Crippen molar-refractivity contribution < 1.29 is 31.9 Å². The Morgan fingerprint density at radius 3 is 2.29 bits per heavy atom. The van der Waals surface area contributed by atoms with Gasteiger partial charge in [-0.15, -0.1) is 0 Å². The third-order valence-electron chi connectivity index (χ3n) is 7.14. The molecule has 0 aliphatic heterocycles. The summed E-state index contributed by atoms with van der Waals surface area (Å²) < 4.78 is 53.7. The van der Waals surface area contributed by atoms with Crippen molar-refractivity contribution in [1.29, 1.82) is 0 Å². The molecule has 2 aliphatic carbocycles. The number of carbonyl (C=O) groups is 3. The first-order chi connectivity index (χ1) is 18.0. The van der Waals surface area contributed by atoms with Crippen LogP contribution in [0.1, 0.15) is 61.5 Å². The van der Waals surface area contributed by atoms with E-state index in [1.54, 1.807) is 11.4 Å². The maximum Gasteiger partial charge on any atom is 0.405 e. The fraction of sp³-hybridized carbons (Fsp3) is 0.538. The highest BCUT2D eigenvalue weighted by Crippen LogP contribution is 2.51. The van der Waals surface area contributed by atoms with Gasteiger partial charge in [0.15, 0.2) is 0 Å². The number of anilines is 1. The van der Waals surface area contributed by atoms with Gasteiger partial charge in [-0.25, -0.2) is 4.39 Å². The van der Waals surface area contributed by atoms with E-state index in [-0.39, 0.29) is 17.2 Å². The average molecular weight is 538 g/mol. The maximum absolute atomic E-state index is 15.0. The lowest BCUT2D eigenvalue weighted by atomic mass is 9.88. The summed E-state index contributed by atoms with van der Waals surface area (Å²) in [7, 11) is 0. The normalized spacial score (nSPS) is 17.1. The molecule has 12 heteroatoms. The topological polar surface area (TPSA) is 105 Å². The molecule has 0 bridgehead atoms. The fourth-order valence-electron chi connectivity index (χ4n) is 4.83. The Labute approximate surface area is 217 Å². The van der Waals surface area contributed by atoms with Crippen molar-refractivity contribution in [2.45, 2.75) is 64.2 Å². The number of hydrogen-bond donors (Lipinski definition) is 3. The van der Waals surface area contributed by atoms with Crippen LogP contribution in [0.4, 0.5) is 23.2 Å². The fourth-order valence-corrected chi connectivity index (χ4v) is 4.83. The first-order valence-electron chi connectivity index (χ1n) is 12.8. The maximum atomic E-state index is 15.0. The molecule has 0 spiro atoms. The Balaban J connectivity index is 1.49. The van der Waals surface area contributed by atoms with Crippen LogP contribution in [-0.2, 0) is 16.1 Å². The van der Waals surface area contributed by atoms with Gasteiger partial charge in [0, 0.05) is 12.7 Å². The highest BCUT2D eigenvalue weighted by atomic mass is 19.4. The third-order valence-corrected chi connectivity index (χ3v) is 7.14. The number of nitrogens with zero attached hydrogens (tertiary/aromatic N) is 2. The summed E-state index contributed by atoms with van der Waals surface area (Å²) in [5, 5.41) is 11.3. The molecule has 38 heavy (non-hydrogen) atoms. The number of nitrogens with one attached hydrogen (secondary N) is 3. The SMILES string of the molecule is CCn1nccc1C(=O)NC(C(=O)Nc1ccc(C(C)C(=O)NCC(F)(F)F)cc1F)C(C1CC1)C1CC1. The van der Waals surface area contributed by atoms with Crippen molar-refractivity contribution >= 4 is 23.4 Å². The lowest BCUT2D eigenvalue weighted by molar-refractivity contribution is -0.139. The van der Waals surface area contributed by atoms with Crippen molar-refractivity contribution in [3.63, 3.8) is 0 Å². The molecule has 1 heterocycles. The summed E-state index contributed by atoms with van der Waals surface area (Å²) in [6, 6.07) is 4.35. The monoisotopic (exact) mass is 537 g/mol. The second-order valence-electron chi connectivity index (χ2n) is 10.0. The van der Waals surface area contributed by atoms with E-state index in [4.69, 9.17) is 0 Å². The number of aromatic nitrogens is 2. The third kappa shape index (κ3) is 6.70. The molecule has 2 fully saturated rings. The van der Waals surface area contributed by atoms with Gasteiger partial charge in [-0.1, -0.05) is 6.07 Å². The van der Waals surface area contributed by atoms with Gasteiger partial charge in [0.2, 0.25) is 11.8 Å². The van der Waals surface area contributed by atoms with Gasteiger partial charge in [0.25, 0.3) is 5.91 Å². The van der Waals surface area contributed by atoms with Gasteiger partial charge >= 0.3 is 6.18 Å². The van der Waals surface area contributed by atoms with Crippen molar-refractivity contribution in [3.05, 3.63) is 47.5 Å². The van der Waals surface area contributed by atoms with E-state index < -0.39 is 48.2 Å². The highest BCUT2D eigenvalue weighted by Gasteiger charge is 2.48. The van der Waals surface area contributed by atoms with E-state index >= 15 is 0 Å². The molecule has 0 radical (unpaired) electrons. The van der Waals surface area contributed by atoms with E-state index in [0.29, 0.717) is 24.1 Å². The Hall–Kier alpha value is -3.44. The Morgan fingerprint density at radius 1 is 1.08 bits per heavy atom. The number of benzene rings is 1. The predicted octanol–water partition coefficient (Wildman–Crippen LogP) is 4.00. The zero-order chi connectivity index (χ0) is 27.6. The molecule has 2 aliphatic rings. The minimum Gasteiger partial charge on any atom is -0.346 e. The molecule has 3 N–H and O–H groups in total. The van der Waals surface area contributed by atoms with Gasteiger partial charge in [-0.05, 0) is 81.0 Å². The Kier molecular flexibility index (Phi) is 8.08. The Bertz CT molecular complexity index is 1180. The van der Waals surface area contributed by atoms with Crippen molar-refractivity contribution in [1.82, 2.24) is 20.4 Å². The van der Waals surface area contributed by atoms with Crippen LogP contribution in [0.15, 0.2) is 30.5 Å². The first kappa shape index (κ1) is 27.6. The number of aryl methyl sites for hydroxylation is 1. The molecule has 0 saturated heterocycles. The molecule has 4 rings (SSSR count). The first-order valence-corrected chi connectivity index (χ1v) is 12.8. The molecular weight excluding hydrogens is 506 g/mol. The quantitative estimate of drug-likeness (QED) is 0.377. The summed E-state index contributed by atoms with van der Waals surface area (Å²) >= 11 is 0. The zero-order valence-electron chi connectivity index (χ0n) is 21.1. The van der Waals surface area contributed by atoms with E-state index in [0.717, 1.165) is 31.7 Å². The van der Waals surface area contributed by atoms with Crippen LogP contribution in [0.2, 0.25) is 0 Å². The van der Waals surface area contributed by atoms with Crippen LogP contribution in [-0.4, -0.2) is 46.3 Å². The van der Waals surface area contributed by atoms with Crippen LogP contribution >= 0.6 is 0 Å². The molecule has 8 nitrogen and oxygen atoms in total. The van der Waals surface area contributed by atoms with E-state index in [9.17, 15) is 31.9 Å². The van der Waals surface area contributed by atoms with Gasteiger partial charge in [0.1, 0.15) is 24.1 Å². The average Bonchev–Trinajstić information content (AvgIpc) is 3.81. The molecule has 2 unspecified atom stereocenters. The molecule has 2 saturated carbocycles. The summed E-state index contributed by atoms with van der Waals surface area (Å²) in [5.74, 6) is -3.23. The zero-order valence-corrected chi connectivity index (χ0v) is 21.1. The van der Waals surface area contributed by atoms with Crippen molar-refractivity contribution in [2.75, 3.05) is 11.9 Å². The largest absolute Gasteiger partial charge is 0.405 e. The lowest BCUT2D eigenvalue weighted by Crippen LogP contribution is -2.50. The smallest absolute Gasteiger partial charge is 0.346 e. The number of alkyl halides is 3. The minimum atomic E-state index is -4.56. The number of rotatable bonds is 11. The molecule has 2 aromatic rings. The van der Waals surface area contributed by atoms with Crippen LogP contribution in [0, 0.1) is 23.6 Å². The molecule has 3 amide bonds. The van der Waals surface area contributed by atoms with Gasteiger partial charge in [0.05, 0.1) is 11.6 Å². The molecule has 1 aromatic carbocycles. The second-order valence-corrected chi connectivity index (χ2v) is 10.0. The van der Waals surface area contributed by atoms with E-state index in [2.05, 4.69) is 15.7 Å². The molecular formula is C26H31F4N5O3. The summed E-state index contributed by atoms with van der Waals surface area (Å²) in [5.41, 5.74) is 0.334.